The molecule has 4 aliphatic carbocycles. The maximum Gasteiger partial charge on any atom is 0.409 e. The fraction of sp³-hybridized carbons (Fsp3) is 0.630. The summed E-state index contributed by atoms with van der Waals surface area (Å²) in [6.07, 6.45) is 8.80. The van der Waals surface area contributed by atoms with Gasteiger partial charge in [0.25, 0.3) is 0 Å². The quantitative estimate of drug-likeness (QED) is 0.435. The number of piperidine rings is 1. The summed E-state index contributed by atoms with van der Waals surface area (Å²) in [6.45, 7) is 1.82. The molecule has 2 aromatic rings. The summed E-state index contributed by atoms with van der Waals surface area (Å²) >= 11 is 6.07. The maximum absolute atomic E-state index is 12.7. The molecular weight excluding hydrogens is 482 g/mol. The number of halogens is 1. The number of nitrogens with one attached hydrogen (secondary N) is 1. The first kappa shape index (κ1) is 23.0. The van der Waals surface area contributed by atoms with E-state index in [0.717, 1.165) is 28.4 Å². The van der Waals surface area contributed by atoms with E-state index in [4.69, 9.17) is 30.8 Å². The minimum Gasteiger partial charge on any atom is -0.448 e. The molecule has 1 N–H and O–H groups in total. The molecule has 2 saturated heterocycles. The van der Waals surface area contributed by atoms with E-state index >= 15 is 0 Å². The number of rotatable bonds is 4. The number of amides is 1. The average Bonchev–Trinajstić information content (AvgIpc) is 3.24. The van der Waals surface area contributed by atoms with Gasteiger partial charge in [0.1, 0.15) is 6.61 Å². The Morgan fingerprint density at radius 1 is 1.08 bits per heavy atom. The summed E-state index contributed by atoms with van der Waals surface area (Å²) in [5, 5.41) is 4.96. The second-order valence-electron chi connectivity index (χ2n) is 11.3. The van der Waals surface area contributed by atoms with Crippen molar-refractivity contribution in [1.29, 1.82) is 0 Å². The molecule has 1 aromatic carbocycles. The van der Waals surface area contributed by atoms with Crippen LogP contribution in [0.15, 0.2) is 30.5 Å². The fourth-order valence-corrected chi connectivity index (χ4v) is 7.68. The second-order valence-corrected chi connectivity index (χ2v) is 11.7. The molecule has 8 nitrogen and oxygen atoms in total. The van der Waals surface area contributed by atoms with Crippen LogP contribution in [0, 0.1) is 23.7 Å². The first-order valence-corrected chi connectivity index (χ1v) is 13.7. The van der Waals surface area contributed by atoms with Crippen LogP contribution in [0.4, 0.5) is 10.5 Å². The number of carbonyl (C=O) groups excluding carboxylic acids is 1. The zero-order chi connectivity index (χ0) is 24.3. The lowest BCUT2D eigenvalue weighted by Gasteiger charge is -2.57. The molecule has 36 heavy (non-hydrogen) atoms. The Morgan fingerprint density at radius 3 is 2.58 bits per heavy atom. The summed E-state index contributed by atoms with van der Waals surface area (Å²) in [5.74, 6) is 1.26. The molecule has 0 atom stereocenters. The Bertz CT molecular complexity index is 1140. The van der Waals surface area contributed by atoms with Crippen molar-refractivity contribution < 1.29 is 24.0 Å². The number of pyridine rings is 1. The van der Waals surface area contributed by atoms with Crippen molar-refractivity contribution in [2.24, 2.45) is 23.7 Å². The van der Waals surface area contributed by atoms with E-state index in [-0.39, 0.29) is 12.7 Å². The maximum atomic E-state index is 12.7. The number of fused-ring (bicyclic) bond motifs is 1. The fourth-order valence-electron chi connectivity index (χ4n) is 7.52. The van der Waals surface area contributed by atoms with E-state index < -0.39 is 11.6 Å². The number of nitrogens with zero attached hydrogens (tertiary/aromatic N) is 2. The minimum atomic E-state index is -0.737. The standard InChI is InChI=1S/C27H32ClN3O5/c28-21-1-2-22-23(3-6-29-24(22)16-21)30-7-10-33-25(32)31-8-4-26(5-9-31)34-27(36-35-26)19-12-17-11-18(14-19)15-20(27)13-17/h1-3,6,16-20H,4-5,7-15H2,(H,29,30). The van der Waals surface area contributed by atoms with Crippen LogP contribution in [0.1, 0.15) is 44.9 Å². The Hall–Kier alpha value is -2.13. The number of aromatic nitrogens is 1. The van der Waals surface area contributed by atoms with Gasteiger partial charge in [-0.3, -0.25) is 4.98 Å². The van der Waals surface area contributed by atoms with Crippen LogP contribution < -0.4 is 5.32 Å². The zero-order valence-corrected chi connectivity index (χ0v) is 21.0. The van der Waals surface area contributed by atoms with Crippen LogP contribution in [0.2, 0.25) is 5.02 Å². The molecule has 4 saturated carbocycles. The summed E-state index contributed by atoms with van der Waals surface area (Å²) in [5.41, 5.74) is 1.75. The molecule has 1 aromatic heterocycles. The highest BCUT2D eigenvalue weighted by molar-refractivity contribution is 6.31. The molecule has 2 aliphatic heterocycles. The number of hydrogen-bond acceptors (Lipinski definition) is 7. The summed E-state index contributed by atoms with van der Waals surface area (Å²) in [4.78, 5) is 30.8. The molecule has 0 unspecified atom stereocenters. The van der Waals surface area contributed by atoms with Gasteiger partial charge in [0.2, 0.25) is 11.6 Å². The predicted octanol–water partition coefficient (Wildman–Crippen LogP) is 5.36. The number of anilines is 1. The van der Waals surface area contributed by atoms with Crippen LogP contribution in [-0.4, -0.2) is 53.8 Å². The van der Waals surface area contributed by atoms with Gasteiger partial charge >= 0.3 is 6.09 Å². The van der Waals surface area contributed by atoms with Crippen LogP contribution in [0.3, 0.4) is 0 Å². The number of ether oxygens (including phenoxy) is 2. The topological polar surface area (TPSA) is 82.2 Å². The van der Waals surface area contributed by atoms with Crippen molar-refractivity contribution in [2.75, 3.05) is 31.6 Å². The van der Waals surface area contributed by atoms with Crippen molar-refractivity contribution in [3.05, 3.63) is 35.5 Å². The third-order valence-electron chi connectivity index (χ3n) is 9.08. The van der Waals surface area contributed by atoms with Gasteiger partial charge in [-0.15, -0.1) is 0 Å². The van der Waals surface area contributed by atoms with E-state index in [1.165, 1.54) is 32.1 Å². The molecule has 9 heteroatoms. The molecule has 0 radical (unpaired) electrons. The van der Waals surface area contributed by atoms with Gasteiger partial charge in [-0.1, -0.05) is 11.6 Å². The number of hydrogen-bond donors (Lipinski definition) is 1. The highest BCUT2D eigenvalue weighted by atomic mass is 35.5. The summed E-state index contributed by atoms with van der Waals surface area (Å²) in [6, 6.07) is 7.52. The van der Waals surface area contributed by atoms with Crippen molar-refractivity contribution >= 4 is 34.3 Å². The van der Waals surface area contributed by atoms with Crippen LogP contribution in [-0.2, 0) is 19.2 Å². The van der Waals surface area contributed by atoms with E-state index in [2.05, 4.69) is 10.3 Å². The third-order valence-corrected chi connectivity index (χ3v) is 9.31. The number of carbonyl (C=O) groups is 1. The van der Waals surface area contributed by atoms with Crippen LogP contribution in [0.25, 0.3) is 10.9 Å². The molecule has 192 valence electrons. The summed E-state index contributed by atoms with van der Waals surface area (Å²) < 4.78 is 12.3. The van der Waals surface area contributed by atoms with Gasteiger partial charge < -0.3 is 19.7 Å². The molecule has 2 spiro atoms. The highest BCUT2D eigenvalue weighted by Crippen LogP contribution is 2.63. The van der Waals surface area contributed by atoms with Gasteiger partial charge in [-0.05, 0) is 68.2 Å². The SMILES string of the molecule is O=C(OCCNc1ccnc2cc(Cl)ccc12)N1CCC2(CC1)OOC1(O2)C2CC3CC(C2)CC1C3. The van der Waals surface area contributed by atoms with Crippen molar-refractivity contribution in [1.82, 2.24) is 9.88 Å². The van der Waals surface area contributed by atoms with Gasteiger partial charge in [-0.2, -0.15) is 9.78 Å². The van der Waals surface area contributed by atoms with Gasteiger partial charge in [0, 0.05) is 66.6 Å². The largest absolute Gasteiger partial charge is 0.448 e. The van der Waals surface area contributed by atoms with Crippen LogP contribution >= 0.6 is 11.6 Å². The first-order valence-electron chi connectivity index (χ1n) is 13.3. The molecular formula is C27H32ClN3O5. The Labute approximate surface area is 215 Å². The van der Waals surface area contributed by atoms with Gasteiger partial charge in [-0.25, -0.2) is 4.79 Å². The molecule has 4 bridgehead atoms. The minimum absolute atomic E-state index is 0.267. The number of likely N-dealkylation sites (tertiary alicyclic amines) is 1. The first-order chi connectivity index (χ1) is 17.5. The lowest BCUT2D eigenvalue weighted by Crippen LogP contribution is -2.59. The van der Waals surface area contributed by atoms with Crippen molar-refractivity contribution in [2.45, 2.75) is 56.5 Å². The van der Waals surface area contributed by atoms with E-state index in [1.54, 1.807) is 11.1 Å². The molecule has 6 aliphatic rings. The number of benzene rings is 1. The van der Waals surface area contributed by atoms with Crippen LogP contribution in [0.5, 0.6) is 0 Å². The highest BCUT2D eigenvalue weighted by Gasteiger charge is 2.66. The summed E-state index contributed by atoms with van der Waals surface area (Å²) in [7, 11) is 0. The molecule has 6 fully saturated rings. The third kappa shape index (κ3) is 3.85. The molecule has 1 amide bonds. The van der Waals surface area contributed by atoms with Crippen molar-refractivity contribution in [3.8, 4) is 0 Å². The van der Waals surface area contributed by atoms with E-state index in [1.807, 2.05) is 24.3 Å². The lowest BCUT2D eigenvalue weighted by atomic mass is 9.53. The smallest absolute Gasteiger partial charge is 0.409 e. The zero-order valence-electron chi connectivity index (χ0n) is 20.3. The average molecular weight is 514 g/mol. The predicted molar refractivity (Wildman–Crippen MR) is 133 cm³/mol. The van der Waals surface area contributed by atoms with Gasteiger partial charge in [0.15, 0.2) is 0 Å². The van der Waals surface area contributed by atoms with E-state index in [9.17, 15) is 4.79 Å². The Balaban J connectivity index is 0.904. The molecule has 3 heterocycles. The van der Waals surface area contributed by atoms with E-state index in [0.29, 0.717) is 49.3 Å². The lowest BCUT2D eigenvalue weighted by molar-refractivity contribution is -0.390. The normalized spacial score (nSPS) is 34.1. The van der Waals surface area contributed by atoms with Gasteiger partial charge in [0.05, 0.1) is 5.52 Å². The Morgan fingerprint density at radius 2 is 1.83 bits per heavy atom. The Kier molecular flexibility index (Phi) is 5.58. The monoisotopic (exact) mass is 513 g/mol. The van der Waals surface area contributed by atoms with Crippen molar-refractivity contribution in [3.63, 3.8) is 0 Å². The molecule has 8 rings (SSSR count). The second kappa shape index (κ2) is 8.72.